The third-order valence-electron chi connectivity index (χ3n) is 4.86. The minimum absolute atomic E-state index is 0.224. The van der Waals surface area contributed by atoms with E-state index in [9.17, 15) is 12.8 Å². The summed E-state index contributed by atoms with van der Waals surface area (Å²) in [5.41, 5.74) is 2.24. The fourth-order valence-corrected chi connectivity index (χ4v) is 4.89. The van der Waals surface area contributed by atoms with Crippen LogP contribution < -0.4 is 0 Å². The van der Waals surface area contributed by atoms with Crippen molar-refractivity contribution in [2.45, 2.75) is 31.2 Å². The zero-order chi connectivity index (χ0) is 19.0. The van der Waals surface area contributed by atoms with Crippen molar-refractivity contribution < 1.29 is 12.8 Å². The summed E-state index contributed by atoms with van der Waals surface area (Å²) in [6.45, 7) is 2.63. The molecule has 4 nitrogen and oxygen atoms in total. The maximum Gasteiger partial charge on any atom is 0.245 e. The number of aryl methyl sites for hydroxylation is 1. The van der Waals surface area contributed by atoms with E-state index in [4.69, 9.17) is 0 Å². The molecule has 0 atom stereocenters. The van der Waals surface area contributed by atoms with E-state index in [1.54, 1.807) is 30.5 Å². The molecule has 0 spiro atoms. The fourth-order valence-electron chi connectivity index (χ4n) is 3.22. The van der Waals surface area contributed by atoms with Gasteiger partial charge in [-0.1, -0.05) is 24.3 Å². The van der Waals surface area contributed by atoms with Crippen LogP contribution in [0.2, 0.25) is 0 Å². The SMILES string of the molecule is Cc1cnc2c(S(=O)(=O)N(Cc3ccc(F)cc3)CC3CC3)cccc2c1. The van der Waals surface area contributed by atoms with Crippen LogP contribution in [-0.2, 0) is 16.6 Å². The highest BCUT2D eigenvalue weighted by Crippen LogP contribution is 2.33. The van der Waals surface area contributed by atoms with Crippen LogP contribution in [0.3, 0.4) is 0 Å². The zero-order valence-electron chi connectivity index (χ0n) is 15.1. The number of para-hydroxylation sites is 1. The lowest BCUT2D eigenvalue weighted by molar-refractivity contribution is 0.391. The van der Waals surface area contributed by atoms with E-state index in [1.165, 1.54) is 16.4 Å². The molecule has 1 aliphatic carbocycles. The third kappa shape index (κ3) is 3.87. The van der Waals surface area contributed by atoms with Crippen molar-refractivity contribution >= 4 is 20.9 Å². The van der Waals surface area contributed by atoms with Crippen LogP contribution in [0, 0.1) is 18.7 Å². The van der Waals surface area contributed by atoms with Gasteiger partial charge < -0.3 is 0 Å². The minimum Gasteiger partial charge on any atom is -0.255 e. The molecule has 0 aliphatic heterocycles. The summed E-state index contributed by atoms with van der Waals surface area (Å²) in [7, 11) is -3.73. The largest absolute Gasteiger partial charge is 0.255 e. The summed E-state index contributed by atoms with van der Waals surface area (Å²) in [6.07, 6.45) is 3.78. The number of hydrogen-bond acceptors (Lipinski definition) is 3. The molecule has 1 saturated carbocycles. The van der Waals surface area contributed by atoms with Crippen LogP contribution in [0.1, 0.15) is 24.0 Å². The molecule has 27 heavy (non-hydrogen) atoms. The summed E-state index contributed by atoms with van der Waals surface area (Å²) < 4.78 is 41.7. The second kappa shape index (κ2) is 7.02. The Morgan fingerprint density at radius 2 is 1.89 bits per heavy atom. The van der Waals surface area contributed by atoms with Crippen LogP contribution in [0.15, 0.2) is 59.6 Å². The Balaban J connectivity index is 1.75. The molecule has 0 amide bonds. The molecule has 0 radical (unpaired) electrons. The molecule has 140 valence electrons. The summed E-state index contributed by atoms with van der Waals surface area (Å²) in [6, 6.07) is 13.2. The second-order valence-corrected chi connectivity index (χ2v) is 9.11. The number of nitrogens with zero attached hydrogens (tertiary/aromatic N) is 2. The van der Waals surface area contributed by atoms with Crippen molar-refractivity contribution in [3.8, 4) is 0 Å². The van der Waals surface area contributed by atoms with E-state index < -0.39 is 10.0 Å². The number of halogens is 1. The van der Waals surface area contributed by atoms with Crippen molar-refractivity contribution in [2.24, 2.45) is 5.92 Å². The highest BCUT2D eigenvalue weighted by molar-refractivity contribution is 7.89. The average Bonchev–Trinajstić information content (AvgIpc) is 3.46. The lowest BCUT2D eigenvalue weighted by atomic mass is 10.2. The van der Waals surface area contributed by atoms with Crippen LogP contribution in [0.4, 0.5) is 4.39 Å². The summed E-state index contributed by atoms with van der Waals surface area (Å²) in [5, 5.41) is 0.809. The Hall–Kier alpha value is -2.31. The van der Waals surface area contributed by atoms with Crippen molar-refractivity contribution in [1.29, 1.82) is 0 Å². The Labute approximate surface area is 158 Å². The molecular formula is C21H21FN2O2S. The predicted molar refractivity (Wildman–Crippen MR) is 103 cm³/mol. The maximum atomic E-state index is 13.5. The smallest absolute Gasteiger partial charge is 0.245 e. The van der Waals surface area contributed by atoms with Gasteiger partial charge in [0.1, 0.15) is 10.7 Å². The first kappa shape index (κ1) is 18.1. The van der Waals surface area contributed by atoms with Crippen molar-refractivity contribution in [2.75, 3.05) is 6.54 Å². The zero-order valence-corrected chi connectivity index (χ0v) is 15.9. The molecule has 1 heterocycles. The number of fused-ring (bicyclic) bond motifs is 1. The van der Waals surface area contributed by atoms with Crippen LogP contribution in [0.25, 0.3) is 10.9 Å². The van der Waals surface area contributed by atoms with Gasteiger partial charge in [0.2, 0.25) is 10.0 Å². The van der Waals surface area contributed by atoms with Crippen molar-refractivity contribution in [3.63, 3.8) is 0 Å². The van der Waals surface area contributed by atoms with Gasteiger partial charge in [0, 0.05) is 24.7 Å². The average molecular weight is 384 g/mol. The number of benzene rings is 2. The number of aromatic nitrogens is 1. The molecule has 0 bridgehead atoms. The van der Waals surface area contributed by atoms with Gasteiger partial charge in [-0.05, 0) is 61.1 Å². The van der Waals surface area contributed by atoms with Gasteiger partial charge in [0.25, 0.3) is 0 Å². The standard InChI is InChI=1S/C21H21FN2O2S/c1-15-11-18-3-2-4-20(21(18)23-12-15)27(25,26)24(13-16-5-6-16)14-17-7-9-19(22)10-8-17/h2-4,7-12,16H,5-6,13-14H2,1H3. The number of sulfonamides is 1. The minimum atomic E-state index is -3.73. The topological polar surface area (TPSA) is 50.3 Å². The van der Waals surface area contributed by atoms with Crippen LogP contribution in [0.5, 0.6) is 0 Å². The number of pyridine rings is 1. The monoisotopic (exact) mass is 384 g/mol. The highest BCUT2D eigenvalue weighted by Gasteiger charge is 2.33. The van der Waals surface area contributed by atoms with Gasteiger partial charge in [-0.2, -0.15) is 4.31 Å². The summed E-state index contributed by atoms with van der Waals surface area (Å²) >= 11 is 0. The Morgan fingerprint density at radius 3 is 2.59 bits per heavy atom. The maximum absolute atomic E-state index is 13.5. The van der Waals surface area contributed by atoms with Crippen molar-refractivity contribution in [3.05, 3.63) is 71.7 Å². The summed E-state index contributed by atoms with van der Waals surface area (Å²) in [4.78, 5) is 4.61. The molecule has 0 N–H and O–H groups in total. The highest BCUT2D eigenvalue weighted by atomic mass is 32.2. The third-order valence-corrected chi connectivity index (χ3v) is 6.70. The first-order valence-electron chi connectivity index (χ1n) is 9.03. The normalized spacial score (nSPS) is 14.8. The van der Waals surface area contributed by atoms with E-state index in [2.05, 4.69) is 4.98 Å². The van der Waals surface area contributed by atoms with Gasteiger partial charge in [0.15, 0.2) is 0 Å². The summed E-state index contributed by atoms with van der Waals surface area (Å²) in [5.74, 6) is 0.0642. The van der Waals surface area contributed by atoms with Crippen LogP contribution >= 0.6 is 0 Å². The van der Waals surface area contributed by atoms with Gasteiger partial charge in [-0.15, -0.1) is 0 Å². The van der Waals surface area contributed by atoms with E-state index in [-0.39, 0.29) is 17.3 Å². The first-order valence-corrected chi connectivity index (χ1v) is 10.5. The number of hydrogen-bond donors (Lipinski definition) is 0. The lowest BCUT2D eigenvalue weighted by Crippen LogP contribution is -2.32. The molecule has 3 aromatic rings. The molecule has 6 heteroatoms. The quantitative estimate of drug-likeness (QED) is 0.637. The lowest BCUT2D eigenvalue weighted by Gasteiger charge is -2.23. The molecule has 1 fully saturated rings. The van der Waals surface area contributed by atoms with E-state index >= 15 is 0 Å². The molecule has 4 rings (SSSR count). The van der Waals surface area contributed by atoms with Gasteiger partial charge in [-0.25, -0.2) is 12.8 Å². The Morgan fingerprint density at radius 1 is 1.15 bits per heavy atom. The number of rotatable bonds is 6. The van der Waals surface area contributed by atoms with E-state index in [0.717, 1.165) is 29.4 Å². The predicted octanol–water partition coefficient (Wildman–Crippen LogP) is 4.28. The molecule has 0 unspecified atom stereocenters. The molecule has 2 aromatic carbocycles. The van der Waals surface area contributed by atoms with Crippen molar-refractivity contribution in [1.82, 2.24) is 9.29 Å². The van der Waals surface area contributed by atoms with E-state index in [1.807, 2.05) is 19.1 Å². The second-order valence-electron chi connectivity index (χ2n) is 7.21. The molecular weight excluding hydrogens is 363 g/mol. The van der Waals surface area contributed by atoms with E-state index in [0.29, 0.717) is 18.0 Å². The first-order chi connectivity index (χ1) is 12.9. The van der Waals surface area contributed by atoms with Gasteiger partial charge in [-0.3, -0.25) is 4.98 Å². The Bertz CT molecular complexity index is 1080. The Kier molecular flexibility index (Phi) is 4.70. The fraction of sp³-hybridized carbons (Fsp3) is 0.286. The molecule has 1 aromatic heterocycles. The van der Waals surface area contributed by atoms with Gasteiger partial charge in [0.05, 0.1) is 5.52 Å². The van der Waals surface area contributed by atoms with Crippen LogP contribution in [-0.4, -0.2) is 24.3 Å². The molecule has 1 aliphatic rings. The molecule has 0 saturated heterocycles. The van der Waals surface area contributed by atoms with Gasteiger partial charge >= 0.3 is 0 Å².